The van der Waals surface area contributed by atoms with Gasteiger partial charge in [0.1, 0.15) is 0 Å². The van der Waals surface area contributed by atoms with E-state index in [0.717, 1.165) is 43.2 Å². The summed E-state index contributed by atoms with van der Waals surface area (Å²) in [6.07, 6.45) is 0. The first kappa shape index (κ1) is 16.1. The number of benzene rings is 1. The smallest absolute Gasteiger partial charge is 0.240 e. The maximum Gasteiger partial charge on any atom is 0.240 e. The van der Waals surface area contributed by atoms with Crippen molar-refractivity contribution >= 4 is 11.6 Å². The average Bonchev–Trinajstić information content (AvgIpc) is 2.97. The van der Waals surface area contributed by atoms with E-state index in [1.54, 1.807) is 4.52 Å². The van der Waals surface area contributed by atoms with Gasteiger partial charge in [0.2, 0.25) is 5.95 Å². The molecular weight excluding hydrogens is 314 g/mol. The highest BCUT2D eigenvalue weighted by Gasteiger charge is 2.30. The number of hydrogen-bond acceptors (Lipinski definition) is 5. The van der Waals surface area contributed by atoms with E-state index < -0.39 is 0 Å². The Morgan fingerprint density at radius 1 is 1.16 bits per heavy atom. The van der Waals surface area contributed by atoms with Crippen LogP contribution in [0.25, 0.3) is 16.9 Å². The molecule has 2 aromatic heterocycles. The van der Waals surface area contributed by atoms with Gasteiger partial charge in [-0.3, -0.25) is 4.90 Å². The molecular formula is C19H23N5O. The SMILES string of the molecule is CC1(C)COCCN1Cc1ccc(-c2cccc3nc(N)nn23)cc1. The molecule has 0 amide bonds. The lowest BCUT2D eigenvalue weighted by Crippen LogP contribution is -2.52. The van der Waals surface area contributed by atoms with Gasteiger partial charge in [-0.25, -0.2) is 4.52 Å². The number of aromatic nitrogens is 3. The molecule has 0 spiro atoms. The summed E-state index contributed by atoms with van der Waals surface area (Å²) in [6, 6.07) is 14.5. The van der Waals surface area contributed by atoms with E-state index in [0.29, 0.717) is 5.95 Å². The van der Waals surface area contributed by atoms with Crippen LogP contribution in [0.1, 0.15) is 19.4 Å². The number of ether oxygens (including phenoxy) is 1. The molecule has 6 nitrogen and oxygen atoms in total. The summed E-state index contributed by atoms with van der Waals surface area (Å²) in [6.45, 7) is 7.94. The molecule has 1 saturated heterocycles. The topological polar surface area (TPSA) is 68.7 Å². The van der Waals surface area contributed by atoms with Crippen molar-refractivity contribution in [3.63, 3.8) is 0 Å². The third-order valence-electron chi connectivity index (χ3n) is 4.82. The monoisotopic (exact) mass is 337 g/mol. The van der Waals surface area contributed by atoms with Crippen molar-refractivity contribution in [3.05, 3.63) is 48.0 Å². The summed E-state index contributed by atoms with van der Waals surface area (Å²) in [7, 11) is 0. The second-order valence-electron chi connectivity index (χ2n) is 7.13. The number of rotatable bonds is 3. The maximum absolute atomic E-state index is 5.73. The summed E-state index contributed by atoms with van der Waals surface area (Å²) in [5.74, 6) is 0.290. The summed E-state index contributed by atoms with van der Waals surface area (Å²) in [4.78, 5) is 6.70. The molecule has 25 heavy (non-hydrogen) atoms. The molecule has 1 aliphatic heterocycles. The van der Waals surface area contributed by atoms with Crippen LogP contribution in [0.5, 0.6) is 0 Å². The van der Waals surface area contributed by atoms with Crippen LogP contribution in [-0.4, -0.2) is 44.8 Å². The van der Waals surface area contributed by atoms with E-state index in [-0.39, 0.29) is 5.54 Å². The van der Waals surface area contributed by atoms with Crippen molar-refractivity contribution in [2.45, 2.75) is 25.9 Å². The van der Waals surface area contributed by atoms with Gasteiger partial charge in [-0.1, -0.05) is 30.3 Å². The quantitative estimate of drug-likeness (QED) is 0.795. The number of nitrogens with zero attached hydrogens (tertiary/aromatic N) is 4. The predicted molar refractivity (Wildman–Crippen MR) is 98.1 cm³/mol. The van der Waals surface area contributed by atoms with Crippen molar-refractivity contribution in [2.24, 2.45) is 0 Å². The Hall–Kier alpha value is -2.44. The van der Waals surface area contributed by atoms with Crippen molar-refractivity contribution in [1.29, 1.82) is 0 Å². The Morgan fingerprint density at radius 2 is 1.96 bits per heavy atom. The Labute approximate surface area is 147 Å². The Morgan fingerprint density at radius 3 is 2.72 bits per heavy atom. The van der Waals surface area contributed by atoms with Gasteiger partial charge < -0.3 is 10.5 Å². The van der Waals surface area contributed by atoms with Crippen molar-refractivity contribution < 1.29 is 4.74 Å². The van der Waals surface area contributed by atoms with Crippen LogP contribution in [-0.2, 0) is 11.3 Å². The number of nitrogen functional groups attached to an aromatic ring is 1. The van der Waals surface area contributed by atoms with E-state index in [1.165, 1.54) is 5.56 Å². The molecule has 6 heteroatoms. The van der Waals surface area contributed by atoms with Gasteiger partial charge >= 0.3 is 0 Å². The number of nitrogens with two attached hydrogens (primary N) is 1. The van der Waals surface area contributed by atoms with Gasteiger partial charge in [0, 0.05) is 24.2 Å². The summed E-state index contributed by atoms with van der Waals surface area (Å²) < 4.78 is 7.39. The van der Waals surface area contributed by atoms with E-state index in [9.17, 15) is 0 Å². The van der Waals surface area contributed by atoms with Crippen LogP contribution >= 0.6 is 0 Å². The molecule has 0 aliphatic carbocycles. The lowest BCUT2D eigenvalue weighted by atomic mass is 10.0. The fourth-order valence-electron chi connectivity index (χ4n) is 3.33. The Kier molecular flexibility index (Phi) is 3.94. The van der Waals surface area contributed by atoms with Gasteiger partial charge in [-0.15, -0.1) is 5.10 Å². The number of morpholine rings is 1. The van der Waals surface area contributed by atoms with Crippen molar-refractivity contribution in [2.75, 3.05) is 25.5 Å². The molecule has 0 unspecified atom stereocenters. The third-order valence-corrected chi connectivity index (χ3v) is 4.82. The van der Waals surface area contributed by atoms with Gasteiger partial charge in [-0.05, 0) is 31.5 Å². The zero-order valence-electron chi connectivity index (χ0n) is 14.6. The van der Waals surface area contributed by atoms with Gasteiger partial charge in [-0.2, -0.15) is 4.98 Å². The highest BCUT2D eigenvalue weighted by molar-refractivity contribution is 5.63. The normalized spacial score (nSPS) is 17.8. The second kappa shape index (κ2) is 6.13. The number of fused-ring (bicyclic) bond motifs is 1. The van der Waals surface area contributed by atoms with Gasteiger partial charge in [0.15, 0.2) is 5.65 Å². The lowest BCUT2D eigenvalue weighted by molar-refractivity contribution is -0.0552. The molecule has 1 aromatic carbocycles. The largest absolute Gasteiger partial charge is 0.378 e. The molecule has 130 valence electrons. The Balaban J connectivity index is 1.59. The summed E-state index contributed by atoms with van der Waals surface area (Å²) >= 11 is 0. The van der Waals surface area contributed by atoms with Crippen LogP contribution in [0, 0.1) is 0 Å². The average molecular weight is 337 g/mol. The molecule has 1 fully saturated rings. The van der Waals surface area contributed by atoms with Crippen LogP contribution in [0.3, 0.4) is 0 Å². The molecule has 2 N–H and O–H groups in total. The van der Waals surface area contributed by atoms with Crippen molar-refractivity contribution in [3.8, 4) is 11.3 Å². The minimum Gasteiger partial charge on any atom is -0.378 e. The van der Waals surface area contributed by atoms with E-state index in [1.807, 2.05) is 18.2 Å². The molecule has 0 radical (unpaired) electrons. The minimum absolute atomic E-state index is 0.0702. The molecule has 0 atom stereocenters. The number of pyridine rings is 1. The minimum atomic E-state index is 0.0702. The van der Waals surface area contributed by atoms with Gasteiger partial charge in [0.05, 0.1) is 18.9 Å². The molecule has 1 aliphatic rings. The zero-order chi connectivity index (χ0) is 17.4. The van der Waals surface area contributed by atoms with E-state index >= 15 is 0 Å². The first-order chi connectivity index (χ1) is 12.0. The first-order valence-corrected chi connectivity index (χ1v) is 8.56. The second-order valence-corrected chi connectivity index (χ2v) is 7.13. The molecule has 3 aromatic rings. The molecule has 4 rings (SSSR count). The van der Waals surface area contributed by atoms with Crippen LogP contribution < -0.4 is 5.73 Å². The summed E-state index contributed by atoms with van der Waals surface area (Å²) in [5.41, 5.74) is 9.94. The first-order valence-electron chi connectivity index (χ1n) is 8.56. The third kappa shape index (κ3) is 3.10. The number of hydrogen-bond donors (Lipinski definition) is 1. The van der Waals surface area contributed by atoms with E-state index in [4.69, 9.17) is 10.5 Å². The van der Waals surface area contributed by atoms with Crippen LogP contribution in [0.15, 0.2) is 42.5 Å². The lowest BCUT2D eigenvalue weighted by Gasteiger charge is -2.42. The van der Waals surface area contributed by atoms with Crippen LogP contribution in [0.4, 0.5) is 5.95 Å². The molecule has 3 heterocycles. The zero-order valence-corrected chi connectivity index (χ0v) is 14.6. The summed E-state index contributed by atoms with van der Waals surface area (Å²) in [5, 5.41) is 4.29. The standard InChI is InChI=1S/C19H23N5O/c1-19(2)13-25-11-10-23(19)12-14-6-8-15(9-7-14)16-4-3-5-17-21-18(20)22-24(16)17/h3-9H,10-13H2,1-2H3,(H2,20,22). The fourth-order valence-corrected chi connectivity index (χ4v) is 3.33. The number of anilines is 1. The molecule has 0 saturated carbocycles. The van der Waals surface area contributed by atoms with Crippen molar-refractivity contribution in [1.82, 2.24) is 19.5 Å². The van der Waals surface area contributed by atoms with Gasteiger partial charge in [0.25, 0.3) is 0 Å². The molecule has 0 bridgehead atoms. The van der Waals surface area contributed by atoms with Crippen LogP contribution in [0.2, 0.25) is 0 Å². The fraction of sp³-hybridized carbons (Fsp3) is 0.368. The highest BCUT2D eigenvalue weighted by Crippen LogP contribution is 2.24. The highest BCUT2D eigenvalue weighted by atomic mass is 16.5. The Bertz CT molecular complexity index is 884. The van der Waals surface area contributed by atoms with E-state index in [2.05, 4.69) is 53.1 Å². The predicted octanol–water partition coefficient (Wildman–Crippen LogP) is 2.59. The maximum atomic E-state index is 5.73.